The molecular weight excluding hydrogens is 695 g/mol. The zero-order valence-corrected chi connectivity index (χ0v) is 30.2. The van der Waals surface area contributed by atoms with Crippen molar-refractivity contribution in [1.29, 1.82) is 0 Å². The van der Waals surface area contributed by atoms with Crippen LogP contribution in [0.5, 0.6) is 17.2 Å². The molecule has 53 heavy (non-hydrogen) atoms. The van der Waals surface area contributed by atoms with Crippen LogP contribution in [-0.4, -0.2) is 50.1 Å². The minimum absolute atomic E-state index is 0.0629. The second kappa shape index (κ2) is 17.6. The predicted molar refractivity (Wildman–Crippen MR) is 205 cm³/mol. The molecule has 0 saturated carbocycles. The number of nitrogens with one attached hydrogen (secondary N) is 3. The van der Waals surface area contributed by atoms with Gasteiger partial charge in [-0.05, 0) is 78.7 Å². The number of aromatic carboxylic acids is 1. The number of rotatable bonds is 14. The van der Waals surface area contributed by atoms with Gasteiger partial charge in [-0.2, -0.15) is 0 Å². The van der Waals surface area contributed by atoms with E-state index in [4.69, 9.17) is 14.2 Å². The number of amides is 3. The lowest BCUT2D eigenvalue weighted by molar-refractivity contribution is -0.116. The van der Waals surface area contributed by atoms with Gasteiger partial charge in [-0.3, -0.25) is 14.4 Å². The third-order valence-corrected chi connectivity index (χ3v) is 9.28. The number of carboxylic acid groups (broad SMARTS) is 1. The molecular formula is C41H37N3O8S. The molecule has 0 aromatic heterocycles. The Morgan fingerprint density at radius 3 is 1.94 bits per heavy atom. The molecule has 4 N–H and O–H groups in total. The van der Waals surface area contributed by atoms with Crippen LogP contribution in [0.25, 0.3) is 6.08 Å². The van der Waals surface area contributed by atoms with Gasteiger partial charge in [0.15, 0.2) is 11.5 Å². The highest BCUT2D eigenvalue weighted by Gasteiger charge is 2.24. The quantitative estimate of drug-likeness (QED) is 0.0668. The fourth-order valence-electron chi connectivity index (χ4n) is 5.20. The summed E-state index contributed by atoms with van der Waals surface area (Å²) >= 11 is 1.29. The van der Waals surface area contributed by atoms with Crippen LogP contribution in [0.4, 0.5) is 11.4 Å². The van der Waals surface area contributed by atoms with Crippen molar-refractivity contribution in [1.82, 2.24) is 5.32 Å². The number of aryl methyl sites for hydroxylation is 1. The van der Waals surface area contributed by atoms with E-state index in [0.717, 1.165) is 16.0 Å². The van der Waals surface area contributed by atoms with Crippen LogP contribution in [0.3, 0.4) is 0 Å². The van der Waals surface area contributed by atoms with Gasteiger partial charge in [0.25, 0.3) is 11.8 Å². The zero-order chi connectivity index (χ0) is 37.9. The molecule has 0 fully saturated rings. The van der Waals surface area contributed by atoms with Crippen molar-refractivity contribution in [2.45, 2.75) is 17.1 Å². The van der Waals surface area contributed by atoms with Crippen molar-refractivity contribution in [2.24, 2.45) is 0 Å². The second-order valence-corrected chi connectivity index (χ2v) is 12.7. The summed E-state index contributed by atoms with van der Waals surface area (Å²) in [6.07, 6.45) is 1.48. The monoisotopic (exact) mass is 731 g/mol. The van der Waals surface area contributed by atoms with Gasteiger partial charge in [0.05, 0.1) is 26.9 Å². The normalized spacial score (nSPS) is 11.5. The van der Waals surface area contributed by atoms with Gasteiger partial charge in [0, 0.05) is 33.5 Å². The van der Waals surface area contributed by atoms with Crippen LogP contribution < -0.4 is 30.2 Å². The van der Waals surface area contributed by atoms with Crippen molar-refractivity contribution < 1.29 is 38.5 Å². The molecule has 0 heterocycles. The highest BCUT2D eigenvalue weighted by Crippen LogP contribution is 2.38. The number of methoxy groups -OCH3 is 3. The van der Waals surface area contributed by atoms with Crippen molar-refractivity contribution >= 4 is 52.9 Å². The van der Waals surface area contributed by atoms with E-state index in [0.29, 0.717) is 39.8 Å². The van der Waals surface area contributed by atoms with Gasteiger partial charge >= 0.3 is 5.97 Å². The van der Waals surface area contributed by atoms with Crippen LogP contribution in [0.15, 0.2) is 126 Å². The Hall–Kier alpha value is -6.53. The lowest BCUT2D eigenvalue weighted by atomic mass is 10.1. The fourth-order valence-corrected chi connectivity index (χ4v) is 6.23. The standard InChI is InChI=1S/C41H37N3O8S/c1-25-15-16-28(41(48)49)21-32(25)43-40(47)37(26-11-7-5-8-12-26)53-31-19-17-30(18-20-31)42-39(46)33(44-38(45)27-13-9-6-10-14-27)22-29-23-35(51-3)36(52-4)24-34(29)50-2/h5-24,37H,1-4H3,(H,42,46)(H,43,47)(H,44,45)(H,48,49)/b33-22-. The Morgan fingerprint density at radius 1 is 0.698 bits per heavy atom. The number of hydrogen-bond acceptors (Lipinski definition) is 8. The molecule has 0 aliphatic heterocycles. The van der Waals surface area contributed by atoms with E-state index in [1.807, 2.05) is 30.3 Å². The molecule has 5 aromatic carbocycles. The molecule has 0 bridgehead atoms. The Morgan fingerprint density at radius 2 is 1.32 bits per heavy atom. The highest BCUT2D eigenvalue weighted by molar-refractivity contribution is 8.00. The number of thioether (sulfide) groups is 1. The topological polar surface area (TPSA) is 152 Å². The van der Waals surface area contributed by atoms with E-state index in [1.165, 1.54) is 51.3 Å². The molecule has 270 valence electrons. The minimum Gasteiger partial charge on any atom is -0.496 e. The number of ether oxygens (including phenoxy) is 3. The summed E-state index contributed by atoms with van der Waals surface area (Å²) in [5, 5.41) is 17.2. The molecule has 11 nitrogen and oxygen atoms in total. The number of hydrogen-bond donors (Lipinski definition) is 4. The predicted octanol–water partition coefficient (Wildman–Crippen LogP) is 7.60. The molecule has 5 aromatic rings. The van der Waals surface area contributed by atoms with Gasteiger partial charge < -0.3 is 35.3 Å². The molecule has 1 unspecified atom stereocenters. The Labute approximate surface area is 311 Å². The SMILES string of the molecule is COc1cc(OC)c(OC)cc1/C=C(\NC(=O)c1ccccc1)C(=O)Nc1ccc(SC(C(=O)Nc2cc(C(=O)O)ccc2C)c2ccccc2)cc1. The van der Waals surface area contributed by atoms with Crippen molar-refractivity contribution in [3.8, 4) is 17.2 Å². The Balaban J connectivity index is 1.39. The van der Waals surface area contributed by atoms with Gasteiger partial charge in [-0.1, -0.05) is 54.6 Å². The van der Waals surface area contributed by atoms with E-state index < -0.39 is 23.0 Å². The summed E-state index contributed by atoms with van der Waals surface area (Å²) in [6, 6.07) is 32.4. The van der Waals surface area contributed by atoms with E-state index in [2.05, 4.69) is 16.0 Å². The van der Waals surface area contributed by atoms with Crippen LogP contribution in [0.2, 0.25) is 0 Å². The number of benzene rings is 5. The Bertz CT molecular complexity index is 2140. The molecule has 3 amide bonds. The average molecular weight is 732 g/mol. The van der Waals surface area contributed by atoms with Gasteiger partial charge in [0.1, 0.15) is 16.7 Å². The fraction of sp³-hybridized carbons (Fsp3) is 0.122. The largest absolute Gasteiger partial charge is 0.496 e. The highest BCUT2D eigenvalue weighted by atomic mass is 32.2. The van der Waals surface area contributed by atoms with Crippen molar-refractivity contribution in [3.63, 3.8) is 0 Å². The number of carbonyl (C=O) groups is 4. The summed E-state index contributed by atoms with van der Waals surface area (Å²) in [5.74, 6) is -1.32. The van der Waals surface area contributed by atoms with E-state index in [-0.39, 0.29) is 17.2 Å². The summed E-state index contributed by atoms with van der Waals surface area (Å²) in [7, 11) is 4.46. The first-order valence-corrected chi connectivity index (χ1v) is 17.1. The van der Waals surface area contributed by atoms with Gasteiger partial charge in [-0.25, -0.2) is 4.79 Å². The van der Waals surface area contributed by atoms with Gasteiger partial charge in [0.2, 0.25) is 5.91 Å². The first-order chi connectivity index (χ1) is 25.6. The first-order valence-electron chi connectivity index (χ1n) is 16.3. The van der Waals surface area contributed by atoms with Crippen molar-refractivity contribution in [2.75, 3.05) is 32.0 Å². The third-order valence-electron chi connectivity index (χ3n) is 8.01. The molecule has 0 aliphatic rings. The molecule has 0 saturated heterocycles. The summed E-state index contributed by atoms with van der Waals surface area (Å²) < 4.78 is 16.4. The van der Waals surface area contributed by atoms with Gasteiger partial charge in [-0.15, -0.1) is 11.8 Å². The smallest absolute Gasteiger partial charge is 0.335 e. The number of carboxylic acids is 1. The molecule has 5 rings (SSSR count). The van der Waals surface area contributed by atoms with Crippen LogP contribution in [0.1, 0.15) is 42.7 Å². The molecule has 12 heteroatoms. The second-order valence-electron chi connectivity index (χ2n) is 11.5. The van der Waals surface area contributed by atoms with Crippen LogP contribution in [0, 0.1) is 6.92 Å². The number of carbonyl (C=O) groups excluding carboxylic acids is 3. The maximum atomic E-state index is 13.8. The zero-order valence-electron chi connectivity index (χ0n) is 29.3. The molecule has 0 spiro atoms. The minimum atomic E-state index is -1.09. The molecule has 0 aliphatic carbocycles. The van der Waals surface area contributed by atoms with E-state index in [1.54, 1.807) is 79.7 Å². The summed E-state index contributed by atoms with van der Waals surface area (Å²) in [6.45, 7) is 1.79. The lowest BCUT2D eigenvalue weighted by Gasteiger charge is -2.18. The maximum absolute atomic E-state index is 13.8. The lowest BCUT2D eigenvalue weighted by Crippen LogP contribution is -2.30. The summed E-state index contributed by atoms with van der Waals surface area (Å²) in [4.78, 5) is 53.0. The number of anilines is 2. The molecule has 0 radical (unpaired) electrons. The summed E-state index contributed by atoms with van der Waals surface area (Å²) in [5.41, 5.74) is 3.11. The third kappa shape index (κ3) is 9.63. The maximum Gasteiger partial charge on any atom is 0.335 e. The average Bonchev–Trinajstić information content (AvgIpc) is 3.18. The van der Waals surface area contributed by atoms with E-state index in [9.17, 15) is 24.3 Å². The first kappa shape index (κ1) is 37.7. The molecule has 1 atom stereocenters. The Kier molecular flexibility index (Phi) is 12.5. The van der Waals surface area contributed by atoms with Crippen molar-refractivity contribution in [3.05, 3.63) is 149 Å². The van der Waals surface area contributed by atoms with E-state index >= 15 is 0 Å². The van der Waals surface area contributed by atoms with Crippen LogP contribution in [-0.2, 0) is 9.59 Å². The van der Waals surface area contributed by atoms with Crippen LogP contribution >= 0.6 is 11.8 Å².